The Labute approximate surface area is 98.7 Å². The molecule has 0 amide bonds. The summed E-state index contributed by atoms with van der Waals surface area (Å²) < 4.78 is 5.82. The minimum atomic E-state index is -0.593. The molecular weight excluding hydrogens is 295 g/mol. The van der Waals surface area contributed by atoms with Gasteiger partial charge in [0.25, 0.3) is 0 Å². The van der Waals surface area contributed by atoms with Gasteiger partial charge in [-0.05, 0) is 31.1 Å². The van der Waals surface area contributed by atoms with Gasteiger partial charge in [-0.3, -0.25) is 9.59 Å². The molecule has 0 aromatic carbocycles. The molecule has 0 aliphatic rings. The van der Waals surface area contributed by atoms with Crippen molar-refractivity contribution in [3.05, 3.63) is 0 Å². The Morgan fingerprint density at radius 2 is 2.00 bits per heavy atom. The van der Waals surface area contributed by atoms with Crippen LogP contribution in [0.5, 0.6) is 0 Å². The zero-order valence-electron chi connectivity index (χ0n) is 8.72. The van der Waals surface area contributed by atoms with E-state index < -0.39 is 11.9 Å². The predicted octanol–water partition coefficient (Wildman–Crippen LogP) is 2.36. The molecule has 0 rings (SSSR count). The van der Waals surface area contributed by atoms with Crippen LogP contribution in [0.1, 0.15) is 33.1 Å². The molecule has 0 aromatic rings. The number of hydrogen-bond acceptors (Lipinski definition) is 3. The second-order valence-corrected chi connectivity index (χ2v) is 4.16. The van der Waals surface area contributed by atoms with Crippen LogP contribution in [0.4, 0.5) is 0 Å². The second-order valence-electron chi connectivity index (χ2n) is 3.09. The van der Waals surface area contributed by atoms with Gasteiger partial charge in [0, 0.05) is 6.42 Å². The van der Waals surface area contributed by atoms with Crippen LogP contribution in [0.3, 0.4) is 0 Å². The Morgan fingerprint density at radius 1 is 1.36 bits per heavy atom. The number of ketones is 1. The van der Waals surface area contributed by atoms with Crippen LogP contribution in [0, 0.1) is 5.92 Å². The minimum absolute atomic E-state index is 0.00620. The van der Waals surface area contributed by atoms with Crippen molar-refractivity contribution in [2.45, 2.75) is 33.1 Å². The lowest BCUT2D eigenvalue weighted by molar-refractivity contribution is -0.150. The third-order valence-corrected chi connectivity index (χ3v) is 2.69. The van der Waals surface area contributed by atoms with Crippen molar-refractivity contribution in [1.82, 2.24) is 0 Å². The normalized spacial score (nSPS) is 12.2. The molecular formula is C10H17IO3. The molecule has 0 aliphatic carbocycles. The summed E-state index contributed by atoms with van der Waals surface area (Å²) >= 11 is 2.28. The van der Waals surface area contributed by atoms with Gasteiger partial charge < -0.3 is 4.74 Å². The van der Waals surface area contributed by atoms with Gasteiger partial charge in [0.15, 0.2) is 0 Å². The molecule has 1 unspecified atom stereocenters. The quantitative estimate of drug-likeness (QED) is 0.238. The van der Waals surface area contributed by atoms with E-state index >= 15 is 0 Å². The molecule has 14 heavy (non-hydrogen) atoms. The fraction of sp³-hybridized carbons (Fsp3) is 0.800. The van der Waals surface area contributed by atoms with Crippen molar-refractivity contribution in [3.63, 3.8) is 0 Å². The first-order chi connectivity index (χ1) is 6.63. The Kier molecular flexibility index (Phi) is 8.12. The molecule has 0 saturated heterocycles. The van der Waals surface area contributed by atoms with Crippen LogP contribution in [0.2, 0.25) is 0 Å². The van der Waals surface area contributed by atoms with Crippen molar-refractivity contribution in [2.75, 3.05) is 11.0 Å². The van der Waals surface area contributed by atoms with Gasteiger partial charge in [0.2, 0.25) is 0 Å². The first kappa shape index (κ1) is 13.9. The lowest BCUT2D eigenvalue weighted by Gasteiger charge is -2.08. The maximum atomic E-state index is 11.4. The highest BCUT2D eigenvalue weighted by molar-refractivity contribution is 14.1. The summed E-state index contributed by atoms with van der Waals surface area (Å²) in [6.07, 6.45) is 2.39. The number of esters is 1. The first-order valence-corrected chi connectivity index (χ1v) is 6.41. The van der Waals surface area contributed by atoms with Gasteiger partial charge in [0.1, 0.15) is 11.7 Å². The lowest BCUT2D eigenvalue weighted by Crippen LogP contribution is -2.23. The Bertz CT molecular complexity index is 192. The van der Waals surface area contributed by atoms with Crippen molar-refractivity contribution in [3.8, 4) is 0 Å². The number of ether oxygens (including phenoxy) is 1. The molecule has 0 heterocycles. The largest absolute Gasteiger partial charge is 0.465 e. The van der Waals surface area contributed by atoms with Crippen molar-refractivity contribution in [1.29, 1.82) is 0 Å². The number of Topliss-reactive ketones (excluding diaryl/α,β-unsaturated/α-hetero) is 1. The fourth-order valence-electron chi connectivity index (χ4n) is 1.01. The topological polar surface area (TPSA) is 43.4 Å². The lowest BCUT2D eigenvalue weighted by atomic mass is 10.0. The Hall–Kier alpha value is -0.130. The minimum Gasteiger partial charge on any atom is -0.465 e. The fourth-order valence-corrected chi connectivity index (χ4v) is 1.55. The molecule has 1 atom stereocenters. The van der Waals surface area contributed by atoms with Crippen molar-refractivity contribution >= 4 is 34.3 Å². The molecule has 0 saturated carbocycles. The summed E-state index contributed by atoms with van der Waals surface area (Å²) in [5, 5.41) is 0. The van der Waals surface area contributed by atoms with Gasteiger partial charge in [-0.1, -0.05) is 22.6 Å². The number of halogens is 1. The van der Waals surface area contributed by atoms with Gasteiger partial charge in [-0.2, -0.15) is 0 Å². The van der Waals surface area contributed by atoms with Crippen LogP contribution < -0.4 is 0 Å². The summed E-state index contributed by atoms with van der Waals surface area (Å²) in [6, 6.07) is 0. The van der Waals surface area contributed by atoms with Crippen LogP contribution in [-0.2, 0) is 14.3 Å². The van der Waals surface area contributed by atoms with E-state index in [9.17, 15) is 9.59 Å². The highest BCUT2D eigenvalue weighted by Gasteiger charge is 2.21. The van der Waals surface area contributed by atoms with Gasteiger partial charge >= 0.3 is 5.97 Å². The maximum absolute atomic E-state index is 11.4. The van der Waals surface area contributed by atoms with Gasteiger partial charge in [0.05, 0.1) is 6.61 Å². The van der Waals surface area contributed by atoms with E-state index in [1.54, 1.807) is 13.8 Å². The molecule has 0 fully saturated rings. The summed E-state index contributed by atoms with van der Waals surface area (Å²) in [4.78, 5) is 22.6. The zero-order chi connectivity index (χ0) is 11.0. The molecule has 4 heteroatoms. The van der Waals surface area contributed by atoms with Crippen LogP contribution in [0.15, 0.2) is 0 Å². The monoisotopic (exact) mass is 312 g/mol. The van der Waals surface area contributed by atoms with E-state index in [4.69, 9.17) is 4.74 Å². The summed E-state index contributed by atoms with van der Waals surface area (Å²) in [5.41, 5.74) is 0. The van der Waals surface area contributed by atoms with Crippen LogP contribution in [0.25, 0.3) is 0 Å². The molecule has 0 N–H and O–H groups in total. The maximum Gasteiger partial charge on any atom is 0.316 e. The van der Waals surface area contributed by atoms with Crippen molar-refractivity contribution in [2.24, 2.45) is 5.92 Å². The third kappa shape index (κ3) is 5.57. The first-order valence-electron chi connectivity index (χ1n) is 4.88. The van der Waals surface area contributed by atoms with E-state index in [1.807, 2.05) is 0 Å². The molecule has 0 radical (unpaired) electrons. The van der Waals surface area contributed by atoms with Crippen LogP contribution >= 0.6 is 22.6 Å². The Balaban J connectivity index is 3.80. The molecule has 82 valence electrons. The highest BCUT2D eigenvalue weighted by atomic mass is 127. The number of carbonyl (C=O) groups excluding carboxylic acids is 2. The smallest absolute Gasteiger partial charge is 0.316 e. The van der Waals surface area contributed by atoms with Crippen molar-refractivity contribution < 1.29 is 14.3 Å². The number of hydrogen-bond donors (Lipinski definition) is 0. The van der Waals surface area contributed by atoms with E-state index in [0.717, 1.165) is 17.3 Å². The standard InChI is InChI=1S/C10H17IO3/c1-3-14-10(13)8(2)9(12)6-4-5-7-11/h8H,3-7H2,1-2H3. The molecule has 0 aliphatic heterocycles. The molecule has 0 spiro atoms. The molecule has 0 aromatic heterocycles. The number of carbonyl (C=O) groups is 2. The Morgan fingerprint density at radius 3 is 2.50 bits per heavy atom. The number of alkyl halides is 1. The molecule has 3 nitrogen and oxygen atoms in total. The third-order valence-electron chi connectivity index (χ3n) is 1.93. The SMILES string of the molecule is CCOC(=O)C(C)C(=O)CCCCI. The summed E-state index contributed by atoms with van der Waals surface area (Å²) in [5.74, 6) is -0.996. The predicted molar refractivity (Wildman–Crippen MR) is 63.5 cm³/mol. The average molecular weight is 312 g/mol. The average Bonchev–Trinajstić information content (AvgIpc) is 2.17. The summed E-state index contributed by atoms with van der Waals surface area (Å²) in [7, 11) is 0. The van der Waals surface area contributed by atoms with E-state index in [2.05, 4.69) is 22.6 Å². The molecule has 0 bridgehead atoms. The van der Waals surface area contributed by atoms with Gasteiger partial charge in [-0.25, -0.2) is 0 Å². The van der Waals surface area contributed by atoms with E-state index in [1.165, 1.54) is 0 Å². The zero-order valence-corrected chi connectivity index (χ0v) is 10.9. The van der Waals surface area contributed by atoms with E-state index in [0.29, 0.717) is 13.0 Å². The van der Waals surface area contributed by atoms with Gasteiger partial charge in [-0.15, -0.1) is 0 Å². The number of rotatable bonds is 7. The summed E-state index contributed by atoms with van der Waals surface area (Å²) in [6.45, 7) is 3.69. The highest BCUT2D eigenvalue weighted by Crippen LogP contribution is 2.08. The van der Waals surface area contributed by atoms with E-state index in [-0.39, 0.29) is 5.78 Å². The van der Waals surface area contributed by atoms with Crippen LogP contribution in [-0.4, -0.2) is 22.8 Å². The second kappa shape index (κ2) is 8.20. The number of unbranched alkanes of at least 4 members (excludes halogenated alkanes) is 1.